The Labute approximate surface area is 156 Å². The van der Waals surface area contributed by atoms with Crippen molar-refractivity contribution in [2.45, 2.75) is 26.7 Å². The molecular formula is C23H28N2O. The molecule has 2 aromatic rings. The minimum atomic E-state index is 0.267. The number of nitrogens with zero attached hydrogens (tertiary/aromatic N) is 1. The van der Waals surface area contributed by atoms with Crippen molar-refractivity contribution in [3.63, 3.8) is 0 Å². The van der Waals surface area contributed by atoms with Gasteiger partial charge in [0.25, 0.3) is 0 Å². The van der Waals surface area contributed by atoms with E-state index in [1.54, 1.807) is 0 Å². The summed E-state index contributed by atoms with van der Waals surface area (Å²) in [5.74, 6) is 0.267. The first kappa shape index (κ1) is 18.4. The topological polar surface area (TPSA) is 32.3 Å². The monoisotopic (exact) mass is 348 g/mol. The molecule has 136 valence electrons. The number of nitrogens with one attached hydrogen (secondary N) is 1. The molecule has 0 bridgehead atoms. The van der Waals surface area contributed by atoms with Crippen LogP contribution in [0.3, 0.4) is 0 Å². The molecule has 3 heteroatoms. The molecule has 0 spiro atoms. The molecule has 1 fully saturated rings. The zero-order valence-corrected chi connectivity index (χ0v) is 15.8. The van der Waals surface area contributed by atoms with Crippen LogP contribution in [-0.4, -0.2) is 37.0 Å². The maximum absolute atomic E-state index is 12.3. The number of aryl methyl sites for hydroxylation is 3. The van der Waals surface area contributed by atoms with Crippen molar-refractivity contribution in [3.8, 4) is 0 Å². The van der Waals surface area contributed by atoms with Crippen LogP contribution in [-0.2, 0) is 11.2 Å². The first-order chi connectivity index (χ1) is 12.6. The second-order valence-electron chi connectivity index (χ2n) is 7.01. The standard InChI is InChI=1S/C23H28N2O/c1-18-5-3-6-19(2)22(18)11-9-20-7-4-8-21(17-20)10-12-23(26)25-15-13-24-14-16-25/h3-9,11,17,24H,10,12-16H2,1-2H3/b11-9-. The number of carbonyl (C=O) groups excluding carboxylic acids is 1. The summed E-state index contributed by atoms with van der Waals surface area (Å²) in [6.07, 6.45) is 5.74. The van der Waals surface area contributed by atoms with E-state index in [9.17, 15) is 4.79 Å². The number of hydrogen-bond donors (Lipinski definition) is 1. The largest absolute Gasteiger partial charge is 0.340 e. The van der Waals surface area contributed by atoms with Crippen LogP contribution in [0.25, 0.3) is 12.2 Å². The third-order valence-electron chi connectivity index (χ3n) is 5.03. The van der Waals surface area contributed by atoms with Gasteiger partial charge in [0.15, 0.2) is 0 Å². The number of carbonyl (C=O) groups is 1. The highest BCUT2D eigenvalue weighted by atomic mass is 16.2. The highest BCUT2D eigenvalue weighted by Gasteiger charge is 2.15. The van der Waals surface area contributed by atoms with Crippen LogP contribution in [0.5, 0.6) is 0 Å². The summed E-state index contributed by atoms with van der Waals surface area (Å²) < 4.78 is 0. The van der Waals surface area contributed by atoms with Crippen molar-refractivity contribution >= 4 is 18.1 Å². The van der Waals surface area contributed by atoms with Crippen molar-refractivity contribution in [1.82, 2.24) is 10.2 Å². The van der Waals surface area contributed by atoms with Crippen molar-refractivity contribution in [2.24, 2.45) is 0 Å². The fourth-order valence-corrected chi connectivity index (χ4v) is 3.45. The van der Waals surface area contributed by atoms with Gasteiger partial charge in [0.1, 0.15) is 0 Å². The highest BCUT2D eigenvalue weighted by molar-refractivity contribution is 5.77. The molecule has 3 rings (SSSR count). The van der Waals surface area contributed by atoms with Gasteiger partial charge in [-0.15, -0.1) is 0 Å². The van der Waals surface area contributed by atoms with E-state index in [1.807, 2.05) is 4.90 Å². The third-order valence-corrected chi connectivity index (χ3v) is 5.03. The lowest BCUT2D eigenvalue weighted by Gasteiger charge is -2.27. The maximum atomic E-state index is 12.3. The molecule has 0 aromatic heterocycles. The second kappa shape index (κ2) is 8.81. The van der Waals surface area contributed by atoms with Gasteiger partial charge in [0, 0.05) is 32.6 Å². The predicted molar refractivity (Wildman–Crippen MR) is 109 cm³/mol. The van der Waals surface area contributed by atoms with Crippen LogP contribution < -0.4 is 5.32 Å². The van der Waals surface area contributed by atoms with Crippen molar-refractivity contribution < 1.29 is 4.79 Å². The molecule has 1 amide bonds. The fourth-order valence-electron chi connectivity index (χ4n) is 3.45. The Kier molecular flexibility index (Phi) is 6.24. The molecule has 0 atom stereocenters. The van der Waals surface area contributed by atoms with Gasteiger partial charge in [0.2, 0.25) is 5.91 Å². The normalized spacial score (nSPS) is 14.8. The summed E-state index contributed by atoms with van der Waals surface area (Å²) in [5, 5.41) is 3.28. The van der Waals surface area contributed by atoms with Gasteiger partial charge in [-0.05, 0) is 48.1 Å². The molecule has 1 aliphatic rings. The third kappa shape index (κ3) is 4.83. The van der Waals surface area contributed by atoms with E-state index in [1.165, 1.54) is 27.8 Å². The molecule has 1 N–H and O–H groups in total. The Bertz CT molecular complexity index is 768. The van der Waals surface area contributed by atoms with E-state index >= 15 is 0 Å². The van der Waals surface area contributed by atoms with Gasteiger partial charge in [0.05, 0.1) is 0 Å². The predicted octanol–water partition coefficient (Wildman–Crippen LogP) is 3.84. The molecular weight excluding hydrogens is 320 g/mol. The Balaban J connectivity index is 1.63. The zero-order chi connectivity index (χ0) is 18.4. The molecule has 1 aliphatic heterocycles. The van der Waals surface area contributed by atoms with E-state index < -0.39 is 0 Å². The highest BCUT2D eigenvalue weighted by Crippen LogP contribution is 2.18. The lowest BCUT2D eigenvalue weighted by molar-refractivity contribution is -0.131. The Morgan fingerprint density at radius 3 is 2.46 bits per heavy atom. The summed E-state index contributed by atoms with van der Waals surface area (Å²) in [6.45, 7) is 7.76. The quantitative estimate of drug-likeness (QED) is 0.833. The molecule has 0 saturated carbocycles. The smallest absolute Gasteiger partial charge is 0.222 e. The number of piperazine rings is 1. The summed E-state index contributed by atoms with van der Waals surface area (Å²) in [7, 11) is 0. The number of benzene rings is 2. The lowest BCUT2D eigenvalue weighted by atomic mass is 10.0. The van der Waals surface area contributed by atoms with Crippen LogP contribution in [0.1, 0.15) is 34.2 Å². The second-order valence-corrected chi connectivity index (χ2v) is 7.01. The maximum Gasteiger partial charge on any atom is 0.222 e. The van der Waals surface area contributed by atoms with Crippen molar-refractivity contribution in [1.29, 1.82) is 0 Å². The molecule has 1 saturated heterocycles. The van der Waals surface area contributed by atoms with Crippen molar-refractivity contribution in [3.05, 3.63) is 70.3 Å². The van der Waals surface area contributed by atoms with E-state index in [2.05, 4.69) is 73.8 Å². The van der Waals surface area contributed by atoms with Gasteiger partial charge in [-0.3, -0.25) is 4.79 Å². The first-order valence-electron chi connectivity index (χ1n) is 9.45. The molecule has 3 nitrogen and oxygen atoms in total. The average molecular weight is 348 g/mol. The van der Waals surface area contributed by atoms with Crippen LogP contribution >= 0.6 is 0 Å². The minimum absolute atomic E-state index is 0.267. The van der Waals surface area contributed by atoms with Gasteiger partial charge in [-0.2, -0.15) is 0 Å². The number of amides is 1. The fraction of sp³-hybridized carbons (Fsp3) is 0.348. The van der Waals surface area contributed by atoms with Crippen LogP contribution in [0.15, 0.2) is 42.5 Å². The number of hydrogen-bond acceptors (Lipinski definition) is 2. The van der Waals surface area contributed by atoms with Gasteiger partial charge >= 0.3 is 0 Å². The lowest BCUT2D eigenvalue weighted by Crippen LogP contribution is -2.46. The molecule has 0 radical (unpaired) electrons. The summed E-state index contributed by atoms with van der Waals surface area (Å²) in [5.41, 5.74) is 6.27. The van der Waals surface area contributed by atoms with Crippen molar-refractivity contribution in [2.75, 3.05) is 26.2 Å². The molecule has 0 unspecified atom stereocenters. The van der Waals surface area contributed by atoms with E-state index in [0.29, 0.717) is 6.42 Å². The Morgan fingerprint density at radius 2 is 1.73 bits per heavy atom. The SMILES string of the molecule is Cc1cccc(C)c1/C=C\c1cccc(CCC(=O)N2CCNCC2)c1. The van der Waals surface area contributed by atoms with E-state index in [4.69, 9.17) is 0 Å². The zero-order valence-electron chi connectivity index (χ0n) is 15.8. The summed E-state index contributed by atoms with van der Waals surface area (Å²) in [4.78, 5) is 14.3. The molecule has 26 heavy (non-hydrogen) atoms. The van der Waals surface area contributed by atoms with Crippen LogP contribution in [0.2, 0.25) is 0 Å². The minimum Gasteiger partial charge on any atom is -0.340 e. The molecule has 2 aromatic carbocycles. The Morgan fingerprint density at radius 1 is 1.04 bits per heavy atom. The van der Waals surface area contributed by atoms with Gasteiger partial charge < -0.3 is 10.2 Å². The van der Waals surface area contributed by atoms with E-state index in [0.717, 1.165) is 32.6 Å². The van der Waals surface area contributed by atoms with E-state index in [-0.39, 0.29) is 5.91 Å². The molecule has 0 aliphatic carbocycles. The van der Waals surface area contributed by atoms with Crippen LogP contribution in [0.4, 0.5) is 0 Å². The van der Waals surface area contributed by atoms with Crippen LogP contribution in [0, 0.1) is 13.8 Å². The molecule has 1 heterocycles. The van der Waals surface area contributed by atoms with Gasteiger partial charge in [-0.25, -0.2) is 0 Å². The number of rotatable bonds is 5. The average Bonchev–Trinajstić information content (AvgIpc) is 2.67. The summed E-state index contributed by atoms with van der Waals surface area (Å²) >= 11 is 0. The Hall–Kier alpha value is -2.39. The van der Waals surface area contributed by atoms with Gasteiger partial charge in [-0.1, -0.05) is 54.6 Å². The summed E-state index contributed by atoms with van der Waals surface area (Å²) in [6, 6.07) is 14.9. The first-order valence-corrected chi connectivity index (χ1v) is 9.45.